The van der Waals surface area contributed by atoms with Crippen LogP contribution in [0, 0.1) is 13.8 Å². The lowest BCUT2D eigenvalue weighted by molar-refractivity contribution is 0.965. The van der Waals surface area contributed by atoms with Gasteiger partial charge in [-0.05, 0) is 13.8 Å². The van der Waals surface area contributed by atoms with Gasteiger partial charge in [0.1, 0.15) is 5.82 Å². The van der Waals surface area contributed by atoms with Gasteiger partial charge < -0.3 is 5.73 Å². The number of rotatable bonds is 1. The molecule has 0 radical (unpaired) electrons. The van der Waals surface area contributed by atoms with Crippen LogP contribution in [0.25, 0.3) is 17.0 Å². The number of benzene rings is 1. The molecular formula is C13H13N5O. The Kier molecular flexibility index (Phi) is 2.38. The van der Waals surface area contributed by atoms with E-state index in [4.69, 9.17) is 5.73 Å². The Morgan fingerprint density at radius 1 is 1.16 bits per heavy atom. The van der Waals surface area contributed by atoms with E-state index in [0.717, 1.165) is 11.1 Å². The average Bonchev–Trinajstić information content (AvgIpc) is 2.68. The first-order valence-electron chi connectivity index (χ1n) is 5.88. The summed E-state index contributed by atoms with van der Waals surface area (Å²) in [6, 6.07) is 7.81. The van der Waals surface area contributed by atoms with Gasteiger partial charge in [-0.3, -0.25) is 4.98 Å². The predicted molar refractivity (Wildman–Crippen MR) is 72.9 cm³/mol. The third kappa shape index (κ3) is 1.77. The van der Waals surface area contributed by atoms with Crippen molar-refractivity contribution in [1.82, 2.24) is 19.4 Å². The number of anilines is 1. The van der Waals surface area contributed by atoms with Crippen LogP contribution in [0.4, 0.5) is 5.95 Å². The Balaban J connectivity index is 2.36. The third-order valence-corrected chi connectivity index (χ3v) is 3.00. The lowest BCUT2D eigenvalue weighted by Crippen LogP contribution is -2.20. The number of nitrogens with two attached hydrogens (primary N) is 1. The van der Waals surface area contributed by atoms with Crippen LogP contribution >= 0.6 is 0 Å². The molecule has 0 unspecified atom stereocenters. The summed E-state index contributed by atoms with van der Waals surface area (Å²) in [7, 11) is 0. The van der Waals surface area contributed by atoms with E-state index in [-0.39, 0.29) is 11.6 Å². The molecule has 0 atom stereocenters. The number of fused-ring (bicyclic) bond motifs is 1. The van der Waals surface area contributed by atoms with E-state index in [0.29, 0.717) is 17.2 Å². The van der Waals surface area contributed by atoms with E-state index in [2.05, 4.69) is 15.0 Å². The number of aryl methyl sites for hydroxylation is 2. The number of nitrogens with one attached hydrogen (secondary N) is 1. The molecule has 0 bridgehead atoms. The van der Waals surface area contributed by atoms with Crippen molar-refractivity contribution in [3.05, 3.63) is 46.0 Å². The van der Waals surface area contributed by atoms with E-state index >= 15 is 0 Å². The maximum absolute atomic E-state index is 12.0. The van der Waals surface area contributed by atoms with Gasteiger partial charge in [-0.2, -0.15) is 4.98 Å². The van der Waals surface area contributed by atoms with Gasteiger partial charge in [0.15, 0.2) is 5.65 Å². The number of H-pyrrole nitrogens is 1. The third-order valence-electron chi connectivity index (χ3n) is 3.00. The summed E-state index contributed by atoms with van der Waals surface area (Å²) in [5, 5.41) is 0. The summed E-state index contributed by atoms with van der Waals surface area (Å²) in [4.78, 5) is 23.0. The topological polar surface area (TPSA) is 89.1 Å². The molecule has 0 spiro atoms. The SMILES string of the molecule is Cc1ccc(-c2nc(C)c3nc(N)[nH]c(=O)n23)cc1. The lowest BCUT2D eigenvalue weighted by Gasteiger charge is -2.01. The molecule has 3 N–H and O–H groups in total. The number of nitrogen functional groups attached to an aromatic ring is 1. The monoisotopic (exact) mass is 255 g/mol. The number of aromatic amines is 1. The molecule has 2 aromatic heterocycles. The highest BCUT2D eigenvalue weighted by molar-refractivity contribution is 5.63. The van der Waals surface area contributed by atoms with E-state index in [1.807, 2.05) is 31.2 Å². The molecule has 0 aliphatic heterocycles. The number of aromatic nitrogens is 4. The molecular weight excluding hydrogens is 242 g/mol. The normalized spacial score (nSPS) is 11.1. The Morgan fingerprint density at radius 2 is 1.84 bits per heavy atom. The van der Waals surface area contributed by atoms with Crippen LogP contribution < -0.4 is 11.4 Å². The van der Waals surface area contributed by atoms with Gasteiger partial charge in [-0.25, -0.2) is 14.2 Å². The minimum absolute atomic E-state index is 0.0935. The van der Waals surface area contributed by atoms with Crippen LogP contribution in [0.3, 0.4) is 0 Å². The summed E-state index contributed by atoms with van der Waals surface area (Å²) < 4.78 is 1.44. The maximum atomic E-state index is 12.0. The van der Waals surface area contributed by atoms with E-state index in [9.17, 15) is 4.79 Å². The van der Waals surface area contributed by atoms with Gasteiger partial charge in [0.2, 0.25) is 5.95 Å². The fourth-order valence-electron chi connectivity index (χ4n) is 2.05. The highest BCUT2D eigenvalue weighted by atomic mass is 16.1. The molecule has 19 heavy (non-hydrogen) atoms. The Morgan fingerprint density at radius 3 is 2.53 bits per heavy atom. The number of hydrogen-bond acceptors (Lipinski definition) is 4. The number of imidazole rings is 1. The zero-order chi connectivity index (χ0) is 13.6. The minimum Gasteiger partial charge on any atom is -0.369 e. The molecule has 0 aliphatic carbocycles. The van der Waals surface area contributed by atoms with Crippen molar-refractivity contribution in [1.29, 1.82) is 0 Å². The second-order valence-corrected chi connectivity index (χ2v) is 4.47. The standard InChI is InChI=1S/C13H13N5O/c1-7-3-5-9(6-4-7)11-15-8(2)10-16-12(14)17-13(19)18(10)11/h3-6H,1-2H3,(H3,14,16,17,19). The Hall–Kier alpha value is -2.63. The van der Waals surface area contributed by atoms with Crippen LogP contribution in [0.5, 0.6) is 0 Å². The van der Waals surface area contributed by atoms with Crippen molar-refractivity contribution in [3.63, 3.8) is 0 Å². The van der Waals surface area contributed by atoms with Crippen LogP contribution in [-0.2, 0) is 0 Å². The average molecular weight is 255 g/mol. The largest absolute Gasteiger partial charge is 0.369 e. The molecule has 0 saturated carbocycles. The molecule has 6 nitrogen and oxygen atoms in total. The molecule has 96 valence electrons. The van der Waals surface area contributed by atoms with Gasteiger partial charge in [-0.1, -0.05) is 29.8 Å². The molecule has 6 heteroatoms. The van der Waals surface area contributed by atoms with Crippen LogP contribution in [0.15, 0.2) is 29.1 Å². The van der Waals surface area contributed by atoms with Crippen molar-refractivity contribution in [2.45, 2.75) is 13.8 Å². The quantitative estimate of drug-likeness (QED) is 0.685. The summed E-state index contributed by atoms with van der Waals surface area (Å²) in [5.74, 6) is 0.664. The molecule has 2 heterocycles. The van der Waals surface area contributed by atoms with Crippen LogP contribution in [0.2, 0.25) is 0 Å². The molecule has 0 amide bonds. The summed E-state index contributed by atoms with van der Waals surface area (Å²) in [5.41, 5.74) is 8.39. The highest BCUT2D eigenvalue weighted by Gasteiger charge is 2.14. The van der Waals surface area contributed by atoms with E-state index in [1.165, 1.54) is 4.40 Å². The number of nitrogens with zero attached hydrogens (tertiary/aromatic N) is 3. The van der Waals surface area contributed by atoms with E-state index in [1.54, 1.807) is 6.92 Å². The second-order valence-electron chi connectivity index (χ2n) is 4.47. The molecule has 1 aromatic carbocycles. The van der Waals surface area contributed by atoms with Gasteiger partial charge in [0, 0.05) is 5.56 Å². The minimum atomic E-state index is -0.335. The van der Waals surface area contributed by atoms with Gasteiger partial charge >= 0.3 is 5.69 Å². The predicted octanol–water partition coefficient (Wildman–Crippen LogP) is 1.28. The van der Waals surface area contributed by atoms with Gasteiger partial charge in [0.05, 0.1) is 5.69 Å². The van der Waals surface area contributed by atoms with Crippen molar-refractivity contribution in [3.8, 4) is 11.4 Å². The fourth-order valence-corrected chi connectivity index (χ4v) is 2.05. The summed E-state index contributed by atoms with van der Waals surface area (Å²) in [6.45, 7) is 3.81. The lowest BCUT2D eigenvalue weighted by atomic mass is 10.1. The zero-order valence-electron chi connectivity index (χ0n) is 10.6. The van der Waals surface area contributed by atoms with Crippen molar-refractivity contribution < 1.29 is 0 Å². The zero-order valence-corrected chi connectivity index (χ0v) is 10.6. The summed E-state index contributed by atoms with van der Waals surface area (Å²) in [6.07, 6.45) is 0. The molecule has 0 aliphatic rings. The highest BCUT2D eigenvalue weighted by Crippen LogP contribution is 2.20. The summed E-state index contributed by atoms with van der Waals surface area (Å²) >= 11 is 0. The maximum Gasteiger partial charge on any atom is 0.335 e. The molecule has 3 aromatic rings. The first-order chi connectivity index (χ1) is 9.06. The fraction of sp³-hybridized carbons (Fsp3) is 0.154. The molecule has 3 rings (SSSR count). The Labute approximate surface area is 108 Å². The van der Waals surface area contributed by atoms with Crippen LogP contribution in [-0.4, -0.2) is 19.4 Å². The van der Waals surface area contributed by atoms with Crippen molar-refractivity contribution in [2.24, 2.45) is 0 Å². The van der Waals surface area contributed by atoms with E-state index < -0.39 is 0 Å². The second kappa shape index (κ2) is 3.94. The van der Waals surface area contributed by atoms with Gasteiger partial charge in [-0.15, -0.1) is 0 Å². The molecule has 0 saturated heterocycles. The van der Waals surface area contributed by atoms with Crippen molar-refractivity contribution in [2.75, 3.05) is 5.73 Å². The van der Waals surface area contributed by atoms with Gasteiger partial charge in [0.25, 0.3) is 0 Å². The smallest absolute Gasteiger partial charge is 0.335 e. The first kappa shape index (κ1) is 11.5. The van der Waals surface area contributed by atoms with Crippen LogP contribution in [0.1, 0.15) is 11.3 Å². The molecule has 0 fully saturated rings. The number of hydrogen-bond donors (Lipinski definition) is 2. The first-order valence-corrected chi connectivity index (χ1v) is 5.88. The Bertz CT molecular complexity index is 813. The van der Waals surface area contributed by atoms with Crippen molar-refractivity contribution >= 4 is 11.6 Å².